The normalized spacial score (nSPS) is 34.5. The molecule has 2 fully saturated rings. The highest BCUT2D eigenvalue weighted by molar-refractivity contribution is 5.87. The first-order valence-corrected chi connectivity index (χ1v) is 8.21. The van der Waals surface area contributed by atoms with Gasteiger partial charge < -0.3 is 9.80 Å². The van der Waals surface area contributed by atoms with Crippen molar-refractivity contribution < 1.29 is 22.2 Å². The molecule has 0 spiro atoms. The third-order valence-corrected chi connectivity index (χ3v) is 5.04. The van der Waals surface area contributed by atoms with Gasteiger partial charge in [-0.2, -0.15) is 0 Å². The van der Waals surface area contributed by atoms with Crippen LogP contribution in [-0.2, 0) is 16.0 Å². The Labute approximate surface area is 150 Å². The van der Waals surface area contributed by atoms with Gasteiger partial charge in [-0.1, -0.05) is 25.2 Å². The van der Waals surface area contributed by atoms with Crippen LogP contribution in [0, 0.1) is 11.7 Å². The van der Waals surface area contributed by atoms with Gasteiger partial charge in [-0.25, -0.2) is 4.39 Å². The largest absolute Gasteiger partial charge is 0.332 e. The zero-order valence-corrected chi connectivity index (χ0v) is 13.2. The number of fused-ring (bicyclic) bond motifs is 3. The predicted molar refractivity (Wildman–Crippen MR) is 87.7 cm³/mol. The van der Waals surface area contributed by atoms with E-state index in [2.05, 4.69) is 0 Å². The number of nitrogens with zero attached hydrogens (tertiary/aromatic N) is 2. The van der Waals surface area contributed by atoms with Gasteiger partial charge >= 0.3 is 0 Å². The van der Waals surface area contributed by atoms with Crippen molar-refractivity contribution in [1.82, 2.24) is 9.80 Å². The molecule has 1 unspecified atom stereocenters. The van der Waals surface area contributed by atoms with Crippen LogP contribution in [-0.4, -0.2) is 41.2 Å². The van der Waals surface area contributed by atoms with Crippen molar-refractivity contribution in [3.8, 4) is 0 Å². The molecular formula is C19H23FN2O2. The van der Waals surface area contributed by atoms with E-state index in [-0.39, 0.29) is 19.0 Å². The fourth-order valence-corrected chi connectivity index (χ4v) is 3.77. The summed E-state index contributed by atoms with van der Waals surface area (Å²) < 4.78 is 61.5. The van der Waals surface area contributed by atoms with Crippen molar-refractivity contribution in [2.75, 3.05) is 19.6 Å². The summed E-state index contributed by atoms with van der Waals surface area (Å²) in [4.78, 5) is 28.8. The van der Waals surface area contributed by atoms with Crippen LogP contribution in [0.15, 0.2) is 18.2 Å². The summed E-state index contributed by atoms with van der Waals surface area (Å²) >= 11 is 0. The maximum absolute atomic E-state index is 13.8. The summed E-state index contributed by atoms with van der Waals surface area (Å²) in [5.41, 5.74) is 1.57. The molecule has 0 radical (unpaired) electrons. The van der Waals surface area contributed by atoms with E-state index in [9.17, 15) is 14.0 Å². The summed E-state index contributed by atoms with van der Waals surface area (Å²) in [5, 5.41) is 0. The van der Waals surface area contributed by atoms with Crippen molar-refractivity contribution in [3.63, 3.8) is 0 Å². The Morgan fingerprint density at radius 1 is 1.25 bits per heavy atom. The molecule has 1 saturated heterocycles. The van der Waals surface area contributed by atoms with Gasteiger partial charge in [0.25, 0.3) is 0 Å². The number of piperazine rings is 1. The highest BCUT2D eigenvalue weighted by atomic mass is 19.1. The zero-order valence-electron chi connectivity index (χ0n) is 19.2. The van der Waals surface area contributed by atoms with Crippen LogP contribution < -0.4 is 0 Å². The molecule has 0 bridgehead atoms. The fraction of sp³-hybridized carbons (Fsp3) is 0.579. The minimum absolute atomic E-state index is 0.121. The highest BCUT2D eigenvalue weighted by Gasteiger charge is 2.40. The molecule has 1 atom stereocenters. The molecule has 4 nitrogen and oxygen atoms in total. The molecule has 3 aliphatic rings. The summed E-state index contributed by atoms with van der Waals surface area (Å²) in [6, 6.07) is 3.92. The topological polar surface area (TPSA) is 40.6 Å². The summed E-state index contributed by atoms with van der Waals surface area (Å²) in [5.74, 6) is -2.35. The molecule has 2 aliphatic heterocycles. The van der Waals surface area contributed by atoms with E-state index < -0.39 is 55.6 Å². The fourth-order valence-electron chi connectivity index (χ4n) is 3.77. The molecule has 0 N–H and O–H groups in total. The summed E-state index contributed by atoms with van der Waals surface area (Å²) in [6.45, 7) is 0.394. The molecule has 128 valence electrons. The van der Waals surface area contributed by atoms with E-state index in [1.807, 2.05) is 0 Å². The summed E-state index contributed by atoms with van der Waals surface area (Å²) in [7, 11) is 0. The highest BCUT2D eigenvalue weighted by Crippen LogP contribution is 2.35. The lowest BCUT2D eigenvalue weighted by molar-refractivity contribution is -0.152. The van der Waals surface area contributed by atoms with E-state index in [0.717, 1.165) is 5.56 Å². The van der Waals surface area contributed by atoms with Crippen molar-refractivity contribution in [1.29, 1.82) is 0 Å². The van der Waals surface area contributed by atoms with Gasteiger partial charge in [-0.15, -0.1) is 0 Å². The van der Waals surface area contributed by atoms with Gasteiger partial charge in [0.1, 0.15) is 5.82 Å². The van der Waals surface area contributed by atoms with Crippen molar-refractivity contribution in [2.45, 2.75) is 44.4 Å². The third-order valence-electron chi connectivity index (χ3n) is 5.04. The molecule has 4 rings (SSSR count). The lowest BCUT2D eigenvalue weighted by Gasteiger charge is -2.45. The molecule has 2 amide bonds. The average molecular weight is 336 g/mol. The van der Waals surface area contributed by atoms with Gasteiger partial charge in [0.05, 0.1) is 12.6 Å². The number of carbonyl (C=O) groups is 2. The van der Waals surface area contributed by atoms with E-state index in [4.69, 9.17) is 8.22 Å². The standard InChI is InChI=1S/C19H23FN2O2/c20-15-7-6-13-8-9-22-17(16(13)10-15)11-21(12-18(22)23)19(24)14-4-2-1-3-5-14/h6-7,10,14,17H,1-5,8-9,11-12H2/i1D2,2D2,3D2. The molecule has 24 heavy (non-hydrogen) atoms. The van der Waals surface area contributed by atoms with Crippen molar-refractivity contribution in [2.24, 2.45) is 5.92 Å². The molecule has 1 aromatic rings. The monoisotopic (exact) mass is 336 g/mol. The number of benzene rings is 1. The molecule has 5 heteroatoms. The Morgan fingerprint density at radius 3 is 2.83 bits per heavy atom. The van der Waals surface area contributed by atoms with Crippen LogP contribution in [0.5, 0.6) is 0 Å². The number of amides is 2. The molecule has 0 aromatic heterocycles. The second-order valence-electron chi connectivity index (χ2n) is 6.50. The predicted octanol–water partition coefficient (Wildman–Crippen LogP) is 2.67. The second kappa shape index (κ2) is 6.19. The Balaban J connectivity index is 1.60. The maximum Gasteiger partial charge on any atom is 0.242 e. The second-order valence-corrected chi connectivity index (χ2v) is 6.50. The Hall–Kier alpha value is -1.91. The van der Waals surface area contributed by atoms with Crippen LogP contribution in [0.2, 0.25) is 0 Å². The first kappa shape index (κ1) is 10.2. The van der Waals surface area contributed by atoms with Crippen LogP contribution >= 0.6 is 0 Å². The van der Waals surface area contributed by atoms with Gasteiger partial charge in [0.2, 0.25) is 11.8 Å². The van der Waals surface area contributed by atoms with Crippen LogP contribution in [0.1, 0.15) is 57.4 Å². The minimum Gasteiger partial charge on any atom is -0.332 e. The Morgan fingerprint density at radius 2 is 2.04 bits per heavy atom. The zero-order chi connectivity index (χ0) is 22.1. The average Bonchev–Trinajstić information content (AvgIpc) is 2.65. The lowest BCUT2D eigenvalue weighted by Crippen LogP contribution is -2.56. The quantitative estimate of drug-likeness (QED) is 0.791. The first-order valence-electron chi connectivity index (χ1n) is 11.2. The van der Waals surface area contributed by atoms with Crippen LogP contribution in [0.4, 0.5) is 4.39 Å². The lowest BCUT2D eigenvalue weighted by atomic mass is 9.86. The van der Waals surface area contributed by atoms with Crippen molar-refractivity contribution >= 4 is 11.8 Å². The molecule has 1 saturated carbocycles. The first-order chi connectivity index (χ1) is 13.8. The molecule has 1 aliphatic carbocycles. The van der Waals surface area contributed by atoms with Crippen LogP contribution in [0.25, 0.3) is 0 Å². The molecule has 1 aromatic carbocycles. The molecule has 2 heterocycles. The van der Waals surface area contributed by atoms with E-state index in [0.29, 0.717) is 18.5 Å². The summed E-state index contributed by atoms with van der Waals surface area (Å²) in [6.07, 6.45) is -8.09. The van der Waals surface area contributed by atoms with E-state index in [1.54, 1.807) is 11.0 Å². The molecular weight excluding hydrogens is 307 g/mol. The van der Waals surface area contributed by atoms with E-state index in [1.165, 1.54) is 17.0 Å². The Kier molecular flexibility index (Phi) is 2.62. The van der Waals surface area contributed by atoms with Gasteiger partial charge in [0.15, 0.2) is 0 Å². The smallest absolute Gasteiger partial charge is 0.242 e. The Bertz CT molecular complexity index is 889. The number of hydrogen-bond donors (Lipinski definition) is 0. The SMILES string of the molecule is [2H]C1([2H])CC(C(=O)N2CC(=O)N3CCc4ccc(F)cc4C3C2)CC([2H])([2H])C1([2H])[2H]. The maximum atomic E-state index is 13.8. The number of rotatable bonds is 1. The third kappa shape index (κ3) is 2.70. The van der Waals surface area contributed by atoms with Crippen LogP contribution in [0.3, 0.4) is 0 Å². The minimum atomic E-state index is -2.73. The number of halogens is 1. The van der Waals surface area contributed by atoms with Crippen molar-refractivity contribution in [3.05, 3.63) is 35.1 Å². The van der Waals surface area contributed by atoms with Gasteiger partial charge in [0, 0.05) is 27.2 Å². The number of carbonyl (C=O) groups excluding carboxylic acids is 2. The van der Waals surface area contributed by atoms with E-state index >= 15 is 0 Å². The van der Waals surface area contributed by atoms with Gasteiger partial charge in [-0.3, -0.25) is 9.59 Å². The number of hydrogen-bond acceptors (Lipinski definition) is 2. The van der Waals surface area contributed by atoms with Gasteiger partial charge in [-0.05, 0) is 42.5 Å².